The number of aromatic nitrogens is 1. The lowest BCUT2D eigenvalue weighted by atomic mass is 10.0. The molecule has 2 aromatic heterocycles. The van der Waals surface area contributed by atoms with Crippen LogP contribution in [0.3, 0.4) is 0 Å². The molecule has 0 spiro atoms. The Hall–Kier alpha value is -2.20. The molecular formula is C21H21N3O3S3. The number of thiophene rings is 1. The van der Waals surface area contributed by atoms with Gasteiger partial charge in [0.05, 0.1) is 16.9 Å². The molecule has 6 nitrogen and oxygen atoms in total. The van der Waals surface area contributed by atoms with Gasteiger partial charge in [0.15, 0.2) is 0 Å². The largest absolute Gasteiger partial charge is 0.320 e. The molecule has 1 aliphatic heterocycles. The molecule has 0 saturated carbocycles. The lowest BCUT2D eigenvalue weighted by Crippen LogP contribution is -2.36. The van der Waals surface area contributed by atoms with E-state index in [9.17, 15) is 13.2 Å². The van der Waals surface area contributed by atoms with Gasteiger partial charge in [0.2, 0.25) is 10.0 Å². The zero-order chi connectivity index (χ0) is 21.1. The number of fused-ring (bicyclic) bond motifs is 1. The third-order valence-electron chi connectivity index (χ3n) is 4.84. The van der Waals surface area contributed by atoms with Crippen LogP contribution in [0, 0.1) is 0 Å². The number of rotatable bonds is 6. The predicted octanol–water partition coefficient (Wildman–Crippen LogP) is 4.25. The normalized spacial score (nSPS) is 14.3. The molecule has 1 aliphatic rings. The van der Waals surface area contributed by atoms with Crippen molar-refractivity contribution in [3.63, 3.8) is 0 Å². The zero-order valence-electron chi connectivity index (χ0n) is 16.4. The average Bonchev–Trinajstić information content (AvgIpc) is 3.26. The summed E-state index contributed by atoms with van der Waals surface area (Å²) in [7, 11) is -3.78. The maximum Gasteiger partial charge on any atom is 0.267 e. The van der Waals surface area contributed by atoms with Crippen molar-refractivity contribution in [2.24, 2.45) is 0 Å². The highest BCUT2D eigenvalue weighted by Gasteiger charge is 2.32. The highest BCUT2D eigenvalue weighted by molar-refractivity contribution is 7.99. The Labute approximate surface area is 184 Å². The molecule has 1 N–H and O–H groups in total. The van der Waals surface area contributed by atoms with E-state index < -0.39 is 15.9 Å². The number of nitrogens with zero attached hydrogens (tertiary/aromatic N) is 2. The van der Waals surface area contributed by atoms with Crippen molar-refractivity contribution in [2.45, 2.75) is 29.8 Å². The van der Waals surface area contributed by atoms with Crippen molar-refractivity contribution in [2.75, 3.05) is 17.6 Å². The van der Waals surface area contributed by atoms with Gasteiger partial charge in [-0.2, -0.15) is 4.31 Å². The first kappa shape index (κ1) is 21.0. The molecule has 0 radical (unpaired) electrons. The Balaban J connectivity index is 1.54. The van der Waals surface area contributed by atoms with Crippen LogP contribution in [0.1, 0.15) is 27.7 Å². The van der Waals surface area contributed by atoms with E-state index in [1.165, 1.54) is 15.9 Å². The number of anilines is 1. The van der Waals surface area contributed by atoms with E-state index >= 15 is 0 Å². The fourth-order valence-electron chi connectivity index (χ4n) is 3.36. The van der Waals surface area contributed by atoms with E-state index in [2.05, 4.69) is 10.3 Å². The van der Waals surface area contributed by atoms with Crippen LogP contribution in [-0.4, -0.2) is 35.9 Å². The predicted molar refractivity (Wildman–Crippen MR) is 121 cm³/mol. The molecule has 0 fully saturated rings. The third kappa shape index (κ3) is 4.29. The number of pyridine rings is 1. The maximum atomic E-state index is 13.3. The number of amides is 1. The third-order valence-corrected chi connectivity index (χ3v) is 8.59. The Kier molecular flexibility index (Phi) is 6.24. The topological polar surface area (TPSA) is 79.4 Å². The van der Waals surface area contributed by atoms with E-state index in [1.54, 1.807) is 29.4 Å². The summed E-state index contributed by atoms with van der Waals surface area (Å²) in [5.41, 5.74) is 2.71. The van der Waals surface area contributed by atoms with Crippen molar-refractivity contribution in [1.29, 1.82) is 0 Å². The van der Waals surface area contributed by atoms with Crippen molar-refractivity contribution < 1.29 is 13.2 Å². The Morgan fingerprint density at radius 3 is 2.73 bits per heavy atom. The molecule has 30 heavy (non-hydrogen) atoms. The van der Waals surface area contributed by atoms with Crippen LogP contribution in [0.4, 0.5) is 5.69 Å². The highest BCUT2D eigenvalue weighted by Crippen LogP contribution is 2.30. The smallest absolute Gasteiger partial charge is 0.267 e. The summed E-state index contributed by atoms with van der Waals surface area (Å²) < 4.78 is 28.0. The van der Waals surface area contributed by atoms with Crippen molar-refractivity contribution >= 4 is 44.7 Å². The minimum absolute atomic E-state index is 0.0514. The lowest BCUT2D eigenvalue weighted by Gasteiger charge is -2.28. The number of nitrogens with one attached hydrogen (secondary N) is 1. The van der Waals surface area contributed by atoms with Gasteiger partial charge in [0.25, 0.3) is 5.91 Å². The van der Waals surface area contributed by atoms with Gasteiger partial charge in [0.1, 0.15) is 9.77 Å². The fourth-order valence-corrected chi connectivity index (χ4v) is 6.66. The molecule has 0 aliphatic carbocycles. The van der Waals surface area contributed by atoms with Gasteiger partial charge < -0.3 is 5.32 Å². The summed E-state index contributed by atoms with van der Waals surface area (Å²) in [5.74, 6) is 0.467. The second-order valence-electron chi connectivity index (χ2n) is 6.74. The van der Waals surface area contributed by atoms with Crippen molar-refractivity contribution in [3.8, 4) is 0 Å². The first-order chi connectivity index (χ1) is 14.5. The minimum atomic E-state index is -3.78. The first-order valence-corrected chi connectivity index (χ1v) is 12.8. The standard InChI is InChI=1S/C21H21N3O3S3/c1-2-28-19-8-7-17(13-22-19)23-21(25)20-18(10-12-29-20)30(26,27)24-11-9-15-5-3-4-6-16(15)14-24/h3-8,10,12-13H,2,9,11,14H2,1H3,(H,23,25). The van der Waals surface area contributed by atoms with Crippen LogP contribution in [0.2, 0.25) is 0 Å². The van der Waals surface area contributed by atoms with Crippen LogP contribution in [-0.2, 0) is 23.0 Å². The van der Waals surface area contributed by atoms with Crippen LogP contribution in [0.5, 0.6) is 0 Å². The quantitative estimate of drug-likeness (QED) is 0.558. The average molecular weight is 460 g/mol. The zero-order valence-corrected chi connectivity index (χ0v) is 18.8. The summed E-state index contributed by atoms with van der Waals surface area (Å²) >= 11 is 2.73. The summed E-state index contributed by atoms with van der Waals surface area (Å²) in [6, 6.07) is 13.0. The Morgan fingerprint density at radius 1 is 1.20 bits per heavy atom. The van der Waals surface area contributed by atoms with E-state index in [-0.39, 0.29) is 9.77 Å². The number of carbonyl (C=O) groups excluding carboxylic acids is 1. The molecule has 1 amide bonds. The van der Waals surface area contributed by atoms with E-state index in [4.69, 9.17) is 0 Å². The van der Waals surface area contributed by atoms with E-state index in [0.29, 0.717) is 25.2 Å². The molecule has 3 aromatic rings. The second kappa shape index (κ2) is 8.89. The monoisotopic (exact) mass is 459 g/mol. The second-order valence-corrected chi connectivity index (χ2v) is 10.9. The number of hydrogen-bond donors (Lipinski definition) is 1. The summed E-state index contributed by atoms with van der Waals surface area (Å²) in [5, 5.41) is 5.27. The molecule has 0 saturated heterocycles. The van der Waals surface area contributed by atoms with Gasteiger partial charge in [-0.05, 0) is 46.9 Å². The van der Waals surface area contributed by atoms with Gasteiger partial charge in [-0.15, -0.1) is 23.1 Å². The number of benzene rings is 1. The molecule has 0 unspecified atom stereocenters. The van der Waals surface area contributed by atoms with Crippen LogP contribution < -0.4 is 5.32 Å². The molecule has 3 heterocycles. The van der Waals surface area contributed by atoms with Crippen LogP contribution in [0.25, 0.3) is 0 Å². The number of thioether (sulfide) groups is 1. The number of sulfonamides is 1. The minimum Gasteiger partial charge on any atom is -0.320 e. The molecule has 0 bridgehead atoms. The van der Waals surface area contributed by atoms with Gasteiger partial charge in [-0.3, -0.25) is 4.79 Å². The lowest BCUT2D eigenvalue weighted by molar-refractivity contribution is 0.102. The SMILES string of the molecule is CCSc1ccc(NC(=O)c2sccc2S(=O)(=O)N2CCc3ccccc3C2)cn1. The van der Waals surface area contributed by atoms with E-state index in [0.717, 1.165) is 27.7 Å². The van der Waals surface area contributed by atoms with Gasteiger partial charge in [-0.25, -0.2) is 13.4 Å². The molecular weight excluding hydrogens is 438 g/mol. The molecule has 1 aromatic carbocycles. The molecule has 156 valence electrons. The van der Waals surface area contributed by atoms with Crippen LogP contribution >= 0.6 is 23.1 Å². The summed E-state index contributed by atoms with van der Waals surface area (Å²) in [6.07, 6.45) is 2.24. The Morgan fingerprint density at radius 2 is 2.00 bits per heavy atom. The van der Waals surface area contributed by atoms with Crippen LogP contribution in [0.15, 0.2) is 64.0 Å². The number of carbonyl (C=O) groups is 1. The molecule has 4 rings (SSSR count). The highest BCUT2D eigenvalue weighted by atomic mass is 32.2. The Bertz CT molecular complexity index is 1160. The van der Waals surface area contributed by atoms with Crippen molar-refractivity contribution in [1.82, 2.24) is 9.29 Å². The molecule has 0 atom stereocenters. The fraction of sp³-hybridized carbons (Fsp3) is 0.238. The van der Waals surface area contributed by atoms with Gasteiger partial charge in [-0.1, -0.05) is 31.2 Å². The summed E-state index contributed by atoms with van der Waals surface area (Å²) in [4.78, 5) is 17.3. The first-order valence-electron chi connectivity index (χ1n) is 9.53. The van der Waals surface area contributed by atoms with Gasteiger partial charge >= 0.3 is 0 Å². The summed E-state index contributed by atoms with van der Waals surface area (Å²) in [6.45, 7) is 2.76. The van der Waals surface area contributed by atoms with E-state index in [1.807, 2.05) is 37.3 Å². The maximum absolute atomic E-state index is 13.3. The van der Waals surface area contributed by atoms with Gasteiger partial charge in [0, 0.05) is 13.1 Å². The number of hydrogen-bond acceptors (Lipinski definition) is 6. The molecule has 9 heteroatoms. The van der Waals surface area contributed by atoms with Crippen molar-refractivity contribution in [3.05, 3.63) is 70.0 Å².